The van der Waals surface area contributed by atoms with E-state index in [1.54, 1.807) is 13.0 Å². The smallest absolute Gasteiger partial charge is 0.244 e. The number of hydrogen-bond donors (Lipinski definition) is 1. The van der Waals surface area contributed by atoms with Gasteiger partial charge in [-0.3, -0.25) is 4.79 Å². The van der Waals surface area contributed by atoms with Crippen molar-refractivity contribution in [2.45, 2.75) is 26.8 Å². The van der Waals surface area contributed by atoms with Crippen molar-refractivity contribution in [2.24, 2.45) is 0 Å². The van der Waals surface area contributed by atoms with Gasteiger partial charge < -0.3 is 5.32 Å². The molecule has 144 valence electrons. The first-order chi connectivity index (χ1) is 13.4. The van der Waals surface area contributed by atoms with E-state index in [0.717, 1.165) is 28.7 Å². The summed E-state index contributed by atoms with van der Waals surface area (Å²) in [5.74, 6) is -1.71. The lowest BCUT2D eigenvalue weighted by molar-refractivity contribution is -0.117. The molecule has 0 saturated carbocycles. The minimum atomic E-state index is -0.687. The van der Waals surface area contributed by atoms with Crippen LogP contribution in [-0.4, -0.2) is 15.7 Å². The maximum Gasteiger partial charge on any atom is 0.244 e. The summed E-state index contributed by atoms with van der Waals surface area (Å²) < 4.78 is 28.7. The summed E-state index contributed by atoms with van der Waals surface area (Å²) in [4.78, 5) is 12.3. The summed E-state index contributed by atoms with van der Waals surface area (Å²) in [6.45, 7) is 5.45. The van der Waals surface area contributed by atoms with E-state index >= 15 is 0 Å². The van der Waals surface area contributed by atoms with Crippen molar-refractivity contribution in [1.82, 2.24) is 15.1 Å². The number of carbonyl (C=O) groups is 1. The van der Waals surface area contributed by atoms with Gasteiger partial charge in [-0.1, -0.05) is 24.3 Å². The Morgan fingerprint density at radius 1 is 1.14 bits per heavy atom. The van der Waals surface area contributed by atoms with Crippen LogP contribution in [0.25, 0.3) is 11.8 Å². The molecule has 1 atom stereocenters. The van der Waals surface area contributed by atoms with Gasteiger partial charge in [0.1, 0.15) is 11.6 Å². The summed E-state index contributed by atoms with van der Waals surface area (Å²) in [6, 6.07) is 12.4. The maximum absolute atomic E-state index is 13.9. The average molecular weight is 381 g/mol. The van der Waals surface area contributed by atoms with Crippen molar-refractivity contribution < 1.29 is 13.6 Å². The number of para-hydroxylation sites is 1. The minimum absolute atomic E-state index is 0.229. The van der Waals surface area contributed by atoms with Gasteiger partial charge in [0, 0.05) is 29.0 Å². The molecule has 1 N–H and O–H groups in total. The number of carbonyl (C=O) groups excluding carboxylic acids is 1. The summed E-state index contributed by atoms with van der Waals surface area (Å²) in [6.07, 6.45) is 3.09. The van der Waals surface area contributed by atoms with Crippen molar-refractivity contribution in [3.05, 3.63) is 88.8 Å². The van der Waals surface area contributed by atoms with Crippen molar-refractivity contribution in [3.8, 4) is 5.69 Å². The predicted molar refractivity (Wildman–Crippen MR) is 105 cm³/mol. The number of aryl methyl sites for hydroxylation is 1. The molecule has 0 spiro atoms. The van der Waals surface area contributed by atoms with Gasteiger partial charge in [0.2, 0.25) is 5.91 Å². The molecule has 1 heterocycles. The fourth-order valence-electron chi connectivity index (χ4n) is 3.07. The first-order valence-corrected chi connectivity index (χ1v) is 8.92. The van der Waals surface area contributed by atoms with Gasteiger partial charge in [0.05, 0.1) is 17.4 Å². The summed E-state index contributed by atoms with van der Waals surface area (Å²) in [7, 11) is 0. The molecule has 0 radical (unpaired) electrons. The molecule has 4 nitrogen and oxygen atoms in total. The fourth-order valence-corrected chi connectivity index (χ4v) is 3.07. The third-order valence-corrected chi connectivity index (χ3v) is 4.54. The van der Waals surface area contributed by atoms with Crippen LogP contribution in [0.1, 0.15) is 35.5 Å². The third kappa shape index (κ3) is 4.17. The van der Waals surface area contributed by atoms with Crippen molar-refractivity contribution in [3.63, 3.8) is 0 Å². The highest BCUT2D eigenvalue weighted by Crippen LogP contribution is 2.20. The molecular formula is C22H21F2N3O. The van der Waals surface area contributed by atoms with Crippen LogP contribution in [0.5, 0.6) is 0 Å². The number of rotatable bonds is 5. The lowest BCUT2D eigenvalue weighted by Crippen LogP contribution is -2.25. The van der Waals surface area contributed by atoms with E-state index in [1.807, 2.05) is 48.9 Å². The Kier molecular flexibility index (Phi) is 5.68. The Morgan fingerprint density at radius 2 is 1.86 bits per heavy atom. The second kappa shape index (κ2) is 8.17. The molecule has 3 rings (SSSR count). The zero-order valence-corrected chi connectivity index (χ0v) is 15.9. The monoisotopic (exact) mass is 381 g/mol. The van der Waals surface area contributed by atoms with Crippen LogP contribution < -0.4 is 5.32 Å². The van der Waals surface area contributed by atoms with Crippen LogP contribution in [0.2, 0.25) is 0 Å². The number of hydrogen-bond acceptors (Lipinski definition) is 2. The highest BCUT2D eigenvalue weighted by atomic mass is 19.1. The largest absolute Gasteiger partial charge is 0.346 e. The first kappa shape index (κ1) is 19.5. The molecule has 0 saturated heterocycles. The first-order valence-electron chi connectivity index (χ1n) is 8.92. The Labute approximate surface area is 162 Å². The highest BCUT2D eigenvalue weighted by molar-refractivity contribution is 5.92. The number of nitrogens with zero attached hydrogens (tertiary/aromatic N) is 2. The maximum atomic E-state index is 13.9. The van der Waals surface area contributed by atoms with Crippen molar-refractivity contribution in [1.29, 1.82) is 0 Å². The van der Waals surface area contributed by atoms with Gasteiger partial charge in [0.15, 0.2) is 0 Å². The van der Waals surface area contributed by atoms with E-state index in [0.29, 0.717) is 0 Å². The van der Waals surface area contributed by atoms with Crippen LogP contribution in [0.4, 0.5) is 8.78 Å². The predicted octanol–water partition coefficient (Wildman–Crippen LogP) is 4.66. The number of benzene rings is 2. The van der Waals surface area contributed by atoms with Crippen LogP contribution >= 0.6 is 0 Å². The standard InChI is InChI=1S/C22H21F2N3O/c1-14(20-10-9-17(23)13-21(20)24)25-22(28)12-11-19-15(2)26-27(16(19)3)18-7-5-4-6-8-18/h4-14H,1-3H3,(H,25,28)/b12-11+. The van der Waals surface area contributed by atoms with Crippen LogP contribution in [0.15, 0.2) is 54.6 Å². The van der Waals surface area contributed by atoms with Gasteiger partial charge in [0.25, 0.3) is 0 Å². The van der Waals surface area contributed by atoms with E-state index in [2.05, 4.69) is 10.4 Å². The number of aromatic nitrogens is 2. The van der Waals surface area contributed by atoms with Gasteiger partial charge in [-0.25, -0.2) is 13.5 Å². The van der Waals surface area contributed by atoms with E-state index in [4.69, 9.17) is 0 Å². The van der Waals surface area contributed by atoms with Crippen LogP contribution in [-0.2, 0) is 4.79 Å². The Bertz CT molecular complexity index is 1030. The van der Waals surface area contributed by atoms with E-state index in [9.17, 15) is 13.6 Å². The Hall–Kier alpha value is -3.28. The SMILES string of the molecule is Cc1nn(-c2ccccc2)c(C)c1/C=C/C(=O)NC(C)c1ccc(F)cc1F. The summed E-state index contributed by atoms with van der Waals surface area (Å²) in [5.41, 5.74) is 3.72. The lowest BCUT2D eigenvalue weighted by Gasteiger charge is -2.13. The molecule has 0 bridgehead atoms. The van der Waals surface area contributed by atoms with E-state index in [1.165, 1.54) is 18.2 Å². The quantitative estimate of drug-likeness (QED) is 0.654. The van der Waals surface area contributed by atoms with Gasteiger partial charge in [-0.2, -0.15) is 5.10 Å². The molecule has 1 amide bonds. The molecule has 28 heavy (non-hydrogen) atoms. The topological polar surface area (TPSA) is 46.9 Å². The summed E-state index contributed by atoms with van der Waals surface area (Å²) >= 11 is 0. The molecule has 0 fully saturated rings. The summed E-state index contributed by atoms with van der Waals surface area (Å²) in [5, 5.41) is 7.22. The van der Waals surface area contributed by atoms with Crippen LogP contribution in [0, 0.1) is 25.5 Å². The number of amides is 1. The second-order valence-corrected chi connectivity index (χ2v) is 6.56. The zero-order valence-electron chi connectivity index (χ0n) is 15.9. The minimum Gasteiger partial charge on any atom is -0.346 e. The van der Waals surface area contributed by atoms with Crippen LogP contribution in [0.3, 0.4) is 0 Å². The second-order valence-electron chi connectivity index (χ2n) is 6.56. The van der Waals surface area contributed by atoms with E-state index < -0.39 is 17.7 Å². The normalized spacial score (nSPS) is 12.3. The van der Waals surface area contributed by atoms with Crippen molar-refractivity contribution in [2.75, 3.05) is 0 Å². The average Bonchev–Trinajstić information content (AvgIpc) is 2.94. The third-order valence-electron chi connectivity index (χ3n) is 4.54. The molecule has 0 aliphatic carbocycles. The molecule has 1 unspecified atom stereocenters. The van der Waals surface area contributed by atoms with Gasteiger partial charge in [-0.05, 0) is 45.0 Å². The molecule has 2 aromatic carbocycles. The molecule has 6 heteroatoms. The van der Waals surface area contributed by atoms with Crippen molar-refractivity contribution >= 4 is 12.0 Å². The van der Waals surface area contributed by atoms with E-state index in [-0.39, 0.29) is 11.5 Å². The molecule has 1 aromatic heterocycles. The molecular weight excluding hydrogens is 360 g/mol. The highest BCUT2D eigenvalue weighted by Gasteiger charge is 2.14. The molecule has 0 aliphatic heterocycles. The zero-order chi connectivity index (χ0) is 20.3. The molecule has 0 aliphatic rings. The number of halogens is 2. The van der Waals surface area contributed by atoms with Gasteiger partial charge >= 0.3 is 0 Å². The number of nitrogens with one attached hydrogen (secondary N) is 1. The Morgan fingerprint density at radius 3 is 2.54 bits per heavy atom. The fraction of sp³-hybridized carbons (Fsp3) is 0.182. The van der Waals surface area contributed by atoms with Gasteiger partial charge in [-0.15, -0.1) is 0 Å². The molecule has 3 aromatic rings. The Balaban J connectivity index is 1.75. The lowest BCUT2D eigenvalue weighted by atomic mass is 10.1.